The molecule has 2 rings (SSSR count). The number of hydrogen-bond acceptors (Lipinski definition) is 3. The van der Waals surface area contributed by atoms with Crippen molar-refractivity contribution in [3.63, 3.8) is 0 Å². The topological polar surface area (TPSA) is 52.2 Å². The number of nitrogens with one attached hydrogen (secondary N) is 1. The number of furan rings is 1. The minimum absolute atomic E-state index is 0.414. The molecule has 1 aromatic heterocycles. The molecule has 0 unspecified atom stereocenters. The Hall–Kier alpha value is -2.32. The summed E-state index contributed by atoms with van der Waals surface area (Å²) in [4.78, 5) is 1.92. The molecular formula is C15H15N3OS. The van der Waals surface area contributed by atoms with Crippen LogP contribution in [0.5, 0.6) is 0 Å². The molecule has 0 aliphatic carbocycles. The maximum absolute atomic E-state index is 8.75. The molecule has 0 amide bonds. The van der Waals surface area contributed by atoms with Crippen LogP contribution in [0.15, 0.2) is 53.1 Å². The first kappa shape index (κ1) is 14.1. The molecule has 1 N–H and O–H groups in total. The van der Waals surface area contributed by atoms with Crippen LogP contribution in [0.3, 0.4) is 0 Å². The highest BCUT2D eigenvalue weighted by Crippen LogP contribution is 2.11. The van der Waals surface area contributed by atoms with Crippen LogP contribution in [0.25, 0.3) is 0 Å². The fraction of sp³-hybridized carbons (Fsp3) is 0.200. The van der Waals surface area contributed by atoms with Gasteiger partial charge in [0.2, 0.25) is 0 Å². The molecule has 1 heterocycles. The molecule has 0 fully saturated rings. The number of para-hydroxylation sites is 1. The van der Waals surface area contributed by atoms with E-state index >= 15 is 0 Å². The smallest absolute Gasteiger partial charge is 0.173 e. The van der Waals surface area contributed by atoms with Gasteiger partial charge in [-0.1, -0.05) is 18.2 Å². The van der Waals surface area contributed by atoms with E-state index < -0.39 is 0 Å². The van der Waals surface area contributed by atoms with Gasteiger partial charge < -0.3 is 14.6 Å². The minimum Gasteiger partial charge on any atom is -0.467 e. The second kappa shape index (κ2) is 7.31. The maximum atomic E-state index is 8.75. The van der Waals surface area contributed by atoms with Crippen molar-refractivity contribution in [1.82, 2.24) is 4.90 Å². The maximum Gasteiger partial charge on any atom is 0.173 e. The van der Waals surface area contributed by atoms with Gasteiger partial charge in [-0.2, -0.15) is 5.26 Å². The van der Waals surface area contributed by atoms with E-state index in [1.165, 1.54) is 0 Å². The van der Waals surface area contributed by atoms with Crippen molar-refractivity contribution in [2.24, 2.45) is 0 Å². The predicted octanol–water partition coefficient (Wildman–Crippen LogP) is 3.39. The van der Waals surface area contributed by atoms with Crippen LogP contribution in [0.2, 0.25) is 0 Å². The standard InChI is InChI=1S/C15H15N3OS/c16-9-5-10-18(12-14-8-4-11-19-14)15(20)17-13-6-2-1-3-7-13/h1-4,6-8,11H,5,10,12H2,(H,17,20). The third-order valence-electron chi connectivity index (χ3n) is 2.73. The zero-order valence-electron chi connectivity index (χ0n) is 11.0. The number of hydrogen-bond donors (Lipinski definition) is 1. The summed E-state index contributed by atoms with van der Waals surface area (Å²) in [6, 6.07) is 15.6. The Morgan fingerprint density at radius 2 is 2.05 bits per heavy atom. The van der Waals surface area contributed by atoms with Crippen molar-refractivity contribution in [2.45, 2.75) is 13.0 Å². The summed E-state index contributed by atoms with van der Waals surface area (Å²) in [6.07, 6.45) is 2.04. The number of nitriles is 1. The summed E-state index contributed by atoms with van der Waals surface area (Å²) in [6.45, 7) is 1.11. The summed E-state index contributed by atoms with van der Waals surface area (Å²) < 4.78 is 5.33. The molecule has 0 atom stereocenters. The molecule has 5 heteroatoms. The van der Waals surface area contributed by atoms with E-state index in [4.69, 9.17) is 21.9 Å². The van der Waals surface area contributed by atoms with Crippen molar-refractivity contribution in [1.29, 1.82) is 5.26 Å². The first-order chi connectivity index (χ1) is 9.79. The van der Waals surface area contributed by atoms with Crippen molar-refractivity contribution in [2.75, 3.05) is 11.9 Å². The Morgan fingerprint density at radius 3 is 2.70 bits per heavy atom. The van der Waals surface area contributed by atoms with Gasteiger partial charge >= 0.3 is 0 Å². The molecule has 1 aromatic carbocycles. The van der Waals surface area contributed by atoms with Gasteiger partial charge in [0, 0.05) is 12.2 Å². The van der Waals surface area contributed by atoms with E-state index in [9.17, 15) is 0 Å². The van der Waals surface area contributed by atoms with E-state index in [0.717, 1.165) is 11.4 Å². The Kier molecular flexibility index (Phi) is 5.15. The Morgan fingerprint density at radius 1 is 1.25 bits per heavy atom. The number of benzene rings is 1. The highest BCUT2D eigenvalue weighted by Gasteiger charge is 2.11. The Labute approximate surface area is 123 Å². The van der Waals surface area contributed by atoms with Crippen molar-refractivity contribution < 1.29 is 4.42 Å². The first-order valence-corrected chi connectivity index (χ1v) is 6.71. The van der Waals surface area contributed by atoms with Crippen LogP contribution >= 0.6 is 12.2 Å². The summed E-state index contributed by atoms with van der Waals surface area (Å²) in [5.41, 5.74) is 0.930. The lowest BCUT2D eigenvalue weighted by Gasteiger charge is -2.24. The lowest BCUT2D eigenvalue weighted by molar-refractivity contribution is 0.371. The molecule has 0 radical (unpaired) electrons. The second-order valence-electron chi connectivity index (χ2n) is 4.21. The molecular weight excluding hydrogens is 270 g/mol. The Balaban J connectivity index is 2.02. The van der Waals surface area contributed by atoms with Gasteiger partial charge in [-0.05, 0) is 36.5 Å². The van der Waals surface area contributed by atoms with E-state index in [0.29, 0.717) is 24.6 Å². The zero-order chi connectivity index (χ0) is 14.2. The van der Waals surface area contributed by atoms with Crippen LogP contribution in [0.4, 0.5) is 5.69 Å². The van der Waals surface area contributed by atoms with E-state index in [1.807, 2.05) is 47.4 Å². The number of rotatable bonds is 5. The van der Waals surface area contributed by atoms with Gasteiger partial charge in [0.05, 0.1) is 25.3 Å². The SMILES string of the molecule is N#CCCN(Cc1ccco1)C(=S)Nc1ccccc1. The molecule has 0 aliphatic rings. The molecule has 0 saturated carbocycles. The van der Waals surface area contributed by atoms with Crippen LogP contribution in [-0.4, -0.2) is 16.6 Å². The first-order valence-electron chi connectivity index (χ1n) is 6.30. The van der Waals surface area contributed by atoms with Crippen molar-refractivity contribution >= 4 is 23.0 Å². The van der Waals surface area contributed by atoms with Crippen LogP contribution < -0.4 is 5.32 Å². The van der Waals surface area contributed by atoms with Gasteiger partial charge in [0.25, 0.3) is 0 Å². The Bertz CT molecular complexity index is 575. The molecule has 102 valence electrons. The largest absolute Gasteiger partial charge is 0.467 e. The van der Waals surface area contributed by atoms with Crippen molar-refractivity contribution in [3.8, 4) is 6.07 Å². The molecule has 2 aromatic rings. The van der Waals surface area contributed by atoms with E-state index in [2.05, 4.69) is 11.4 Å². The monoisotopic (exact) mass is 285 g/mol. The molecule has 4 nitrogen and oxygen atoms in total. The molecule has 0 aliphatic heterocycles. The minimum atomic E-state index is 0.414. The van der Waals surface area contributed by atoms with Crippen molar-refractivity contribution in [3.05, 3.63) is 54.5 Å². The third-order valence-corrected chi connectivity index (χ3v) is 3.09. The van der Waals surface area contributed by atoms with E-state index in [1.54, 1.807) is 6.26 Å². The molecule has 0 bridgehead atoms. The lowest BCUT2D eigenvalue weighted by atomic mass is 10.3. The van der Waals surface area contributed by atoms with Gasteiger partial charge in [-0.15, -0.1) is 0 Å². The average molecular weight is 285 g/mol. The quantitative estimate of drug-likeness (QED) is 0.853. The van der Waals surface area contributed by atoms with Gasteiger partial charge in [-0.25, -0.2) is 0 Å². The van der Waals surface area contributed by atoms with Crippen LogP contribution in [0.1, 0.15) is 12.2 Å². The summed E-state index contributed by atoms with van der Waals surface area (Å²) in [7, 11) is 0. The van der Waals surface area contributed by atoms with E-state index in [-0.39, 0.29) is 0 Å². The lowest BCUT2D eigenvalue weighted by Crippen LogP contribution is -2.34. The summed E-state index contributed by atoms with van der Waals surface area (Å²) in [5.74, 6) is 0.820. The fourth-order valence-electron chi connectivity index (χ4n) is 1.75. The average Bonchev–Trinajstić information content (AvgIpc) is 2.97. The number of anilines is 1. The fourth-order valence-corrected chi connectivity index (χ4v) is 2.03. The normalized spacial score (nSPS) is 9.75. The van der Waals surface area contributed by atoms with Gasteiger partial charge in [0.1, 0.15) is 5.76 Å². The second-order valence-corrected chi connectivity index (χ2v) is 4.59. The highest BCUT2D eigenvalue weighted by atomic mass is 32.1. The predicted molar refractivity (Wildman–Crippen MR) is 82.0 cm³/mol. The molecule has 0 spiro atoms. The zero-order valence-corrected chi connectivity index (χ0v) is 11.8. The van der Waals surface area contributed by atoms with Crippen LogP contribution in [0, 0.1) is 11.3 Å². The third kappa shape index (κ3) is 4.11. The van der Waals surface area contributed by atoms with Crippen LogP contribution in [-0.2, 0) is 6.54 Å². The van der Waals surface area contributed by atoms with Gasteiger partial charge in [0.15, 0.2) is 5.11 Å². The van der Waals surface area contributed by atoms with Gasteiger partial charge in [-0.3, -0.25) is 0 Å². The summed E-state index contributed by atoms with van der Waals surface area (Å²) in [5, 5.41) is 12.5. The summed E-state index contributed by atoms with van der Waals surface area (Å²) >= 11 is 5.41. The molecule has 20 heavy (non-hydrogen) atoms. The molecule has 0 saturated heterocycles. The highest BCUT2D eigenvalue weighted by molar-refractivity contribution is 7.80. The number of nitrogens with zero attached hydrogens (tertiary/aromatic N) is 2. The number of thiocarbonyl (C=S) groups is 1.